The average Bonchev–Trinajstić information content (AvgIpc) is 2.34. The molecule has 0 N–H and O–H groups in total. The lowest BCUT2D eigenvalue weighted by Gasteiger charge is -2.08. The minimum Gasteiger partial charge on any atom is -0.496 e. The van der Waals surface area contributed by atoms with Gasteiger partial charge in [0.15, 0.2) is 0 Å². The summed E-state index contributed by atoms with van der Waals surface area (Å²) in [7, 11) is 0. The fourth-order valence-corrected chi connectivity index (χ4v) is 0.786. The quantitative estimate of drug-likeness (QED) is 0.570. The molecule has 1 aliphatic rings. The first kappa shape index (κ1) is 6.62. The van der Waals surface area contributed by atoms with E-state index in [0.29, 0.717) is 0 Å². The molecule has 2 heteroatoms. The molecule has 0 aromatic carbocycles. The van der Waals surface area contributed by atoms with Crippen LogP contribution < -0.4 is 0 Å². The van der Waals surface area contributed by atoms with Gasteiger partial charge in [-0.05, 0) is 13.0 Å². The van der Waals surface area contributed by atoms with Crippen LogP contribution in [-0.4, -0.2) is 19.3 Å². The monoisotopic (exact) mass is 128 g/mol. The lowest BCUT2D eigenvalue weighted by atomic mass is 10.3. The maximum Gasteiger partial charge on any atom is 0.125 e. The molecule has 0 fully saturated rings. The third kappa shape index (κ3) is 2.06. The Kier molecular flexibility index (Phi) is 2.58. The van der Waals surface area contributed by atoms with Crippen LogP contribution in [0.5, 0.6) is 0 Å². The van der Waals surface area contributed by atoms with Gasteiger partial charge in [0.05, 0.1) is 12.9 Å². The molecule has 0 aromatic rings. The normalized spacial score (nSPS) is 24.3. The zero-order valence-corrected chi connectivity index (χ0v) is 5.67. The molecule has 0 aliphatic carbocycles. The standard InChI is InChI=1S/C7H12O2/c1-2-8-6-7-4-3-5-9-7/h3,5,7H,2,4,6H2,1H3. The summed E-state index contributed by atoms with van der Waals surface area (Å²) in [5.74, 6) is 0. The molecule has 0 saturated carbocycles. The second kappa shape index (κ2) is 3.51. The molecule has 0 amide bonds. The minimum absolute atomic E-state index is 0.282. The van der Waals surface area contributed by atoms with Gasteiger partial charge in [0.2, 0.25) is 0 Å². The number of ether oxygens (including phenoxy) is 2. The topological polar surface area (TPSA) is 18.5 Å². The molecule has 52 valence electrons. The molecule has 1 atom stereocenters. The van der Waals surface area contributed by atoms with Crippen molar-refractivity contribution in [3.05, 3.63) is 12.3 Å². The van der Waals surface area contributed by atoms with Gasteiger partial charge in [-0.2, -0.15) is 0 Å². The van der Waals surface area contributed by atoms with Crippen molar-refractivity contribution in [1.29, 1.82) is 0 Å². The average molecular weight is 128 g/mol. The van der Waals surface area contributed by atoms with Crippen LogP contribution in [-0.2, 0) is 9.47 Å². The summed E-state index contributed by atoms with van der Waals surface area (Å²) >= 11 is 0. The molecule has 0 radical (unpaired) electrons. The molecular formula is C7H12O2. The van der Waals surface area contributed by atoms with E-state index in [1.165, 1.54) is 0 Å². The second-order valence-corrected chi connectivity index (χ2v) is 2.03. The first-order chi connectivity index (χ1) is 4.43. The second-order valence-electron chi connectivity index (χ2n) is 2.03. The summed E-state index contributed by atoms with van der Waals surface area (Å²) in [4.78, 5) is 0. The van der Waals surface area contributed by atoms with Gasteiger partial charge in [0, 0.05) is 13.0 Å². The van der Waals surface area contributed by atoms with Crippen LogP contribution in [0.4, 0.5) is 0 Å². The molecule has 1 heterocycles. The predicted molar refractivity (Wildman–Crippen MR) is 35.1 cm³/mol. The van der Waals surface area contributed by atoms with Crippen molar-refractivity contribution in [3.8, 4) is 0 Å². The van der Waals surface area contributed by atoms with Gasteiger partial charge >= 0.3 is 0 Å². The van der Waals surface area contributed by atoms with E-state index in [-0.39, 0.29) is 6.10 Å². The van der Waals surface area contributed by atoms with Crippen molar-refractivity contribution in [3.63, 3.8) is 0 Å². The first-order valence-electron chi connectivity index (χ1n) is 3.31. The summed E-state index contributed by atoms with van der Waals surface area (Å²) in [5.41, 5.74) is 0. The van der Waals surface area contributed by atoms with Gasteiger partial charge in [-0.3, -0.25) is 0 Å². The van der Waals surface area contributed by atoms with Crippen molar-refractivity contribution in [2.45, 2.75) is 19.4 Å². The summed E-state index contributed by atoms with van der Waals surface area (Å²) < 4.78 is 10.3. The molecule has 0 aromatic heterocycles. The maximum absolute atomic E-state index is 5.15. The molecule has 0 saturated heterocycles. The molecule has 2 nitrogen and oxygen atoms in total. The van der Waals surface area contributed by atoms with Crippen LogP contribution in [0.3, 0.4) is 0 Å². The van der Waals surface area contributed by atoms with Gasteiger partial charge in [-0.1, -0.05) is 0 Å². The molecule has 0 spiro atoms. The zero-order chi connectivity index (χ0) is 6.53. The highest BCUT2D eigenvalue weighted by Gasteiger charge is 2.09. The molecule has 1 aliphatic heterocycles. The molecule has 9 heavy (non-hydrogen) atoms. The highest BCUT2D eigenvalue weighted by atomic mass is 16.5. The summed E-state index contributed by atoms with van der Waals surface area (Å²) in [6.07, 6.45) is 5.04. The molecule has 0 bridgehead atoms. The fraction of sp³-hybridized carbons (Fsp3) is 0.714. The Balaban J connectivity index is 2.01. The van der Waals surface area contributed by atoms with Crippen molar-refractivity contribution in [2.24, 2.45) is 0 Å². The van der Waals surface area contributed by atoms with Gasteiger partial charge in [0.25, 0.3) is 0 Å². The number of rotatable bonds is 3. The zero-order valence-electron chi connectivity index (χ0n) is 5.67. The largest absolute Gasteiger partial charge is 0.496 e. The van der Waals surface area contributed by atoms with E-state index in [1.54, 1.807) is 6.26 Å². The van der Waals surface area contributed by atoms with Crippen LogP contribution in [0.1, 0.15) is 13.3 Å². The molecular weight excluding hydrogens is 116 g/mol. The maximum atomic E-state index is 5.15. The predicted octanol–water partition coefficient (Wildman–Crippen LogP) is 1.33. The van der Waals surface area contributed by atoms with Crippen LogP contribution in [0.25, 0.3) is 0 Å². The van der Waals surface area contributed by atoms with E-state index in [2.05, 4.69) is 0 Å². The Bertz CT molecular complexity index is 91.1. The van der Waals surface area contributed by atoms with Gasteiger partial charge in [-0.15, -0.1) is 0 Å². The van der Waals surface area contributed by atoms with Gasteiger partial charge in [0.1, 0.15) is 6.10 Å². The van der Waals surface area contributed by atoms with Crippen molar-refractivity contribution >= 4 is 0 Å². The lowest BCUT2D eigenvalue weighted by molar-refractivity contribution is 0.0451. The van der Waals surface area contributed by atoms with Gasteiger partial charge in [-0.25, -0.2) is 0 Å². The number of hydrogen-bond donors (Lipinski definition) is 0. The van der Waals surface area contributed by atoms with E-state index >= 15 is 0 Å². The Labute approximate surface area is 55.5 Å². The number of hydrogen-bond acceptors (Lipinski definition) is 2. The van der Waals surface area contributed by atoms with Crippen molar-refractivity contribution < 1.29 is 9.47 Å². The lowest BCUT2D eigenvalue weighted by Crippen LogP contribution is -2.13. The SMILES string of the molecule is CCOCC1CC=CO1. The van der Waals surface area contributed by atoms with E-state index < -0.39 is 0 Å². The summed E-state index contributed by atoms with van der Waals surface area (Å²) in [5, 5.41) is 0. The van der Waals surface area contributed by atoms with E-state index in [9.17, 15) is 0 Å². The third-order valence-electron chi connectivity index (χ3n) is 1.27. The van der Waals surface area contributed by atoms with Crippen LogP contribution in [0.2, 0.25) is 0 Å². The van der Waals surface area contributed by atoms with Gasteiger partial charge < -0.3 is 9.47 Å². The van der Waals surface area contributed by atoms with Crippen LogP contribution >= 0.6 is 0 Å². The summed E-state index contributed by atoms with van der Waals surface area (Å²) in [6.45, 7) is 3.49. The smallest absolute Gasteiger partial charge is 0.125 e. The van der Waals surface area contributed by atoms with E-state index in [4.69, 9.17) is 9.47 Å². The van der Waals surface area contributed by atoms with E-state index in [0.717, 1.165) is 19.6 Å². The van der Waals surface area contributed by atoms with Crippen molar-refractivity contribution in [2.75, 3.05) is 13.2 Å². The summed E-state index contributed by atoms with van der Waals surface area (Å²) in [6, 6.07) is 0. The Hall–Kier alpha value is -0.500. The minimum atomic E-state index is 0.282. The van der Waals surface area contributed by atoms with Crippen LogP contribution in [0, 0.1) is 0 Å². The fourth-order valence-electron chi connectivity index (χ4n) is 0.786. The van der Waals surface area contributed by atoms with Crippen molar-refractivity contribution in [1.82, 2.24) is 0 Å². The third-order valence-corrected chi connectivity index (χ3v) is 1.27. The van der Waals surface area contributed by atoms with Crippen LogP contribution in [0.15, 0.2) is 12.3 Å². The Morgan fingerprint density at radius 3 is 3.22 bits per heavy atom. The highest BCUT2D eigenvalue weighted by molar-refractivity contribution is 4.86. The molecule has 1 rings (SSSR count). The Morgan fingerprint density at radius 2 is 2.67 bits per heavy atom. The van der Waals surface area contributed by atoms with E-state index in [1.807, 2.05) is 13.0 Å². The molecule has 1 unspecified atom stereocenters. The highest BCUT2D eigenvalue weighted by Crippen LogP contribution is 2.08. The first-order valence-corrected chi connectivity index (χ1v) is 3.31. The Morgan fingerprint density at radius 1 is 1.78 bits per heavy atom.